The number of benzene rings is 1. The molecule has 0 fully saturated rings. The number of amides is 1. The van der Waals surface area contributed by atoms with E-state index < -0.39 is 0 Å². The van der Waals surface area contributed by atoms with Crippen molar-refractivity contribution in [2.75, 3.05) is 10.6 Å². The van der Waals surface area contributed by atoms with Crippen LogP contribution in [0.25, 0.3) is 0 Å². The van der Waals surface area contributed by atoms with E-state index in [1.807, 2.05) is 37.3 Å². The molecule has 25 heavy (non-hydrogen) atoms. The van der Waals surface area contributed by atoms with E-state index in [1.54, 1.807) is 30.7 Å². The maximum Gasteiger partial charge on any atom is 0.255 e. The van der Waals surface area contributed by atoms with Crippen molar-refractivity contribution in [2.24, 2.45) is 0 Å². The summed E-state index contributed by atoms with van der Waals surface area (Å²) in [5, 5.41) is 6.10. The Balaban J connectivity index is 1.67. The molecule has 1 amide bonds. The van der Waals surface area contributed by atoms with Crippen LogP contribution in [0.5, 0.6) is 0 Å². The van der Waals surface area contributed by atoms with Gasteiger partial charge in [0.25, 0.3) is 5.91 Å². The van der Waals surface area contributed by atoms with Crippen molar-refractivity contribution < 1.29 is 4.79 Å². The average Bonchev–Trinajstić information content (AvgIpc) is 2.64. The van der Waals surface area contributed by atoms with Gasteiger partial charge in [-0.3, -0.25) is 9.78 Å². The van der Waals surface area contributed by atoms with Gasteiger partial charge in [-0.2, -0.15) is 0 Å². The Kier molecular flexibility index (Phi) is 5.40. The molecule has 3 aromatic rings. The van der Waals surface area contributed by atoms with E-state index >= 15 is 0 Å². The van der Waals surface area contributed by atoms with Gasteiger partial charge in [0, 0.05) is 40.9 Å². The van der Waals surface area contributed by atoms with Crippen molar-refractivity contribution in [3.63, 3.8) is 0 Å². The largest absolute Gasteiger partial charge is 0.366 e. The fraction of sp³-hybridized carbons (Fsp3) is 0.105. The number of aryl methyl sites for hydroxylation is 1. The van der Waals surface area contributed by atoms with Crippen LogP contribution in [-0.4, -0.2) is 15.9 Å². The number of anilines is 2. The monoisotopic (exact) mass is 396 g/mol. The topological polar surface area (TPSA) is 66.9 Å². The van der Waals surface area contributed by atoms with E-state index in [1.165, 1.54) is 0 Å². The van der Waals surface area contributed by atoms with Crippen LogP contribution in [-0.2, 0) is 6.54 Å². The Morgan fingerprint density at radius 1 is 1.08 bits per heavy atom. The average molecular weight is 397 g/mol. The fourth-order valence-electron chi connectivity index (χ4n) is 2.24. The van der Waals surface area contributed by atoms with Gasteiger partial charge in [0.15, 0.2) is 0 Å². The van der Waals surface area contributed by atoms with Crippen LogP contribution >= 0.6 is 15.9 Å². The molecule has 0 saturated heterocycles. The van der Waals surface area contributed by atoms with E-state index in [0.29, 0.717) is 17.9 Å². The summed E-state index contributed by atoms with van der Waals surface area (Å²) in [4.78, 5) is 20.7. The third kappa shape index (κ3) is 4.64. The van der Waals surface area contributed by atoms with Gasteiger partial charge in [0.05, 0.1) is 0 Å². The summed E-state index contributed by atoms with van der Waals surface area (Å²) in [6, 6.07) is 13.0. The molecule has 0 bridgehead atoms. The van der Waals surface area contributed by atoms with Gasteiger partial charge in [-0.1, -0.05) is 22.0 Å². The first kappa shape index (κ1) is 17.1. The second kappa shape index (κ2) is 7.90. The van der Waals surface area contributed by atoms with Gasteiger partial charge in [-0.15, -0.1) is 0 Å². The van der Waals surface area contributed by atoms with Crippen LogP contribution in [0.15, 0.2) is 65.5 Å². The lowest BCUT2D eigenvalue weighted by molar-refractivity contribution is 0.102. The maximum atomic E-state index is 12.4. The van der Waals surface area contributed by atoms with E-state index in [0.717, 1.165) is 21.3 Å². The van der Waals surface area contributed by atoms with Crippen molar-refractivity contribution in [1.29, 1.82) is 0 Å². The third-order valence-corrected chi connectivity index (χ3v) is 4.53. The summed E-state index contributed by atoms with van der Waals surface area (Å²) in [5.41, 5.74) is 3.50. The molecule has 1 aromatic carbocycles. The van der Waals surface area contributed by atoms with Crippen LogP contribution in [0.1, 0.15) is 21.5 Å². The number of aromatic nitrogens is 2. The van der Waals surface area contributed by atoms with Crippen LogP contribution < -0.4 is 10.6 Å². The lowest BCUT2D eigenvalue weighted by Crippen LogP contribution is -2.13. The molecular weight excluding hydrogens is 380 g/mol. The number of rotatable bonds is 5. The minimum absolute atomic E-state index is 0.176. The van der Waals surface area contributed by atoms with Gasteiger partial charge in [-0.05, 0) is 54.4 Å². The summed E-state index contributed by atoms with van der Waals surface area (Å²) in [5.74, 6) is 0.472. The highest BCUT2D eigenvalue weighted by Crippen LogP contribution is 2.21. The third-order valence-electron chi connectivity index (χ3n) is 3.67. The summed E-state index contributed by atoms with van der Waals surface area (Å²) >= 11 is 3.47. The van der Waals surface area contributed by atoms with Gasteiger partial charge in [-0.25, -0.2) is 4.98 Å². The Morgan fingerprint density at radius 3 is 2.64 bits per heavy atom. The Hall–Kier alpha value is -2.73. The van der Waals surface area contributed by atoms with Gasteiger partial charge < -0.3 is 10.6 Å². The lowest BCUT2D eigenvalue weighted by atomic mass is 10.2. The molecule has 2 N–H and O–H groups in total. The van der Waals surface area contributed by atoms with Gasteiger partial charge in [0.2, 0.25) is 0 Å². The van der Waals surface area contributed by atoms with E-state index in [9.17, 15) is 4.79 Å². The summed E-state index contributed by atoms with van der Waals surface area (Å²) in [6.07, 6.45) is 5.11. The first-order valence-electron chi connectivity index (χ1n) is 7.78. The molecule has 3 rings (SSSR count). The fourth-order valence-corrected chi connectivity index (χ4v) is 2.61. The molecule has 0 unspecified atom stereocenters. The zero-order chi connectivity index (χ0) is 17.6. The molecule has 126 valence electrons. The Labute approximate surface area is 154 Å². The van der Waals surface area contributed by atoms with Crippen LogP contribution in [0.3, 0.4) is 0 Å². The molecule has 0 aliphatic rings. The van der Waals surface area contributed by atoms with Crippen molar-refractivity contribution in [3.8, 4) is 0 Å². The second-order valence-corrected chi connectivity index (χ2v) is 6.41. The first-order chi connectivity index (χ1) is 12.1. The van der Waals surface area contributed by atoms with Crippen molar-refractivity contribution >= 4 is 33.3 Å². The molecule has 0 saturated carbocycles. The molecule has 2 aromatic heterocycles. The molecule has 5 nitrogen and oxygen atoms in total. The molecule has 0 spiro atoms. The predicted octanol–water partition coefficient (Wildman–Crippen LogP) is 4.41. The standard InChI is InChI=1S/C19H17BrN4O/c1-13-2-3-16(11-17(13)20)24-19(25)15-6-9-22-18(10-15)23-12-14-4-7-21-8-5-14/h2-11H,12H2,1H3,(H,22,23)(H,24,25). The molecular formula is C19H17BrN4O. The lowest BCUT2D eigenvalue weighted by Gasteiger charge is -2.09. The predicted molar refractivity (Wildman–Crippen MR) is 103 cm³/mol. The van der Waals surface area contributed by atoms with Crippen molar-refractivity contribution in [2.45, 2.75) is 13.5 Å². The smallest absolute Gasteiger partial charge is 0.255 e. The molecule has 0 aliphatic heterocycles. The van der Waals surface area contributed by atoms with Crippen LogP contribution in [0, 0.1) is 6.92 Å². The van der Waals surface area contributed by atoms with E-state index in [-0.39, 0.29) is 5.91 Å². The Morgan fingerprint density at radius 2 is 1.88 bits per heavy atom. The number of halogens is 1. The molecule has 6 heteroatoms. The van der Waals surface area contributed by atoms with Crippen LogP contribution in [0.4, 0.5) is 11.5 Å². The SMILES string of the molecule is Cc1ccc(NC(=O)c2ccnc(NCc3ccncc3)c2)cc1Br. The molecule has 0 radical (unpaired) electrons. The minimum atomic E-state index is -0.176. The molecule has 0 aliphatic carbocycles. The summed E-state index contributed by atoms with van der Waals surface area (Å²) in [7, 11) is 0. The van der Waals surface area contributed by atoms with Crippen molar-refractivity contribution in [1.82, 2.24) is 9.97 Å². The van der Waals surface area contributed by atoms with Gasteiger partial charge in [0.1, 0.15) is 5.82 Å². The number of pyridine rings is 2. The van der Waals surface area contributed by atoms with Crippen molar-refractivity contribution in [3.05, 3.63) is 82.2 Å². The second-order valence-electron chi connectivity index (χ2n) is 5.56. The normalized spacial score (nSPS) is 10.3. The number of hydrogen-bond acceptors (Lipinski definition) is 4. The quantitative estimate of drug-likeness (QED) is 0.669. The van der Waals surface area contributed by atoms with E-state index in [4.69, 9.17) is 0 Å². The zero-order valence-corrected chi connectivity index (χ0v) is 15.2. The Bertz CT molecular complexity index is 884. The van der Waals surface area contributed by atoms with Crippen LogP contribution in [0.2, 0.25) is 0 Å². The number of carbonyl (C=O) groups excluding carboxylic acids is 1. The molecule has 0 atom stereocenters. The summed E-state index contributed by atoms with van der Waals surface area (Å²) in [6.45, 7) is 2.62. The zero-order valence-electron chi connectivity index (χ0n) is 13.7. The number of hydrogen-bond donors (Lipinski definition) is 2. The maximum absolute atomic E-state index is 12.4. The minimum Gasteiger partial charge on any atom is -0.366 e. The highest BCUT2D eigenvalue weighted by Gasteiger charge is 2.08. The van der Waals surface area contributed by atoms with E-state index in [2.05, 4.69) is 36.5 Å². The summed E-state index contributed by atoms with van der Waals surface area (Å²) < 4.78 is 0.958. The van der Waals surface area contributed by atoms with Gasteiger partial charge >= 0.3 is 0 Å². The molecule has 2 heterocycles. The number of nitrogens with zero attached hydrogens (tertiary/aromatic N) is 2. The highest BCUT2D eigenvalue weighted by molar-refractivity contribution is 9.10. The highest BCUT2D eigenvalue weighted by atomic mass is 79.9. The first-order valence-corrected chi connectivity index (χ1v) is 8.57. The number of carbonyl (C=O) groups is 1. The number of nitrogens with one attached hydrogen (secondary N) is 2.